The average Bonchev–Trinajstić information content (AvgIpc) is 3.04. The number of hydrogen-bond acceptors (Lipinski definition) is 3. The maximum Gasteiger partial charge on any atom is 0.335 e. The van der Waals surface area contributed by atoms with Gasteiger partial charge in [-0.05, 0) is 79.4 Å². The predicted octanol–water partition coefficient (Wildman–Crippen LogP) is 5.47. The van der Waals surface area contributed by atoms with Gasteiger partial charge < -0.3 is 14.4 Å². The Labute approximate surface area is 175 Å². The standard InChI is InChI=1S/C25H24N2O3/c1-4-30-22-10-8-21(16(2)12-22)15-27-17(3)26-23-11-9-19(14-24(23)27)18-6-5-7-20(13-18)25(28)29/h5-14H,4,15H2,1-3H3,(H,28,29). The summed E-state index contributed by atoms with van der Waals surface area (Å²) < 4.78 is 7.80. The number of nitrogens with zero attached hydrogens (tertiary/aromatic N) is 2. The van der Waals surface area contributed by atoms with Crippen LogP contribution in [0.4, 0.5) is 0 Å². The van der Waals surface area contributed by atoms with E-state index < -0.39 is 5.97 Å². The Kier molecular flexibility index (Phi) is 5.27. The lowest BCUT2D eigenvalue weighted by atomic mass is 10.0. The molecule has 0 aliphatic carbocycles. The Hall–Kier alpha value is -3.60. The molecule has 0 bridgehead atoms. The van der Waals surface area contributed by atoms with Crippen LogP contribution < -0.4 is 4.74 Å². The smallest absolute Gasteiger partial charge is 0.335 e. The van der Waals surface area contributed by atoms with Crippen molar-refractivity contribution < 1.29 is 14.6 Å². The molecule has 0 amide bonds. The Morgan fingerprint density at radius 1 is 1.03 bits per heavy atom. The van der Waals surface area contributed by atoms with Gasteiger partial charge in [-0.1, -0.05) is 24.3 Å². The van der Waals surface area contributed by atoms with Gasteiger partial charge in [0.05, 0.1) is 23.2 Å². The van der Waals surface area contributed by atoms with Gasteiger partial charge in [0.25, 0.3) is 0 Å². The van der Waals surface area contributed by atoms with Gasteiger partial charge in [-0.15, -0.1) is 0 Å². The number of carbonyl (C=O) groups is 1. The van der Waals surface area contributed by atoms with Crippen LogP contribution in [0.25, 0.3) is 22.2 Å². The van der Waals surface area contributed by atoms with E-state index in [1.807, 2.05) is 38.1 Å². The molecule has 4 aromatic rings. The van der Waals surface area contributed by atoms with Crippen LogP contribution in [0.2, 0.25) is 0 Å². The van der Waals surface area contributed by atoms with E-state index in [4.69, 9.17) is 9.72 Å². The van der Waals surface area contributed by atoms with Crippen LogP contribution in [0.1, 0.15) is 34.2 Å². The molecule has 0 atom stereocenters. The number of imidazole rings is 1. The van der Waals surface area contributed by atoms with Gasteiger partial charge in [0.1, 0.15) is 11.6 Å². The third-order valence-electron chi connectivity index (χ3n) is 5.34. The molecule has 1 heterocycles. The normalized spacial score (nSPS) is 11.0. The Balaban J connectivity index is 1.74. The van der Waals surface area contributed by atoms with Crippen molar-refractivity contribution >= 4 is 17.0 Å². The predicted molar refractivity (Wildman–Crippen MR) is 118 cm³/mol. The maximum atomic E-state index is 11.3. The first-order valence-corrected chi connectivity index (χ1v) is 9.99. The number of benzene rings is 3. The van der Waals surface area contributed by atoms with Gasteiger partial charge >= 0.3 is 5.97 Å². The van der Waals surface area contributed by atoms with Crippen molar-refractivity contribution in [2.75, 3.05) is 6.61 Å². The van der Waals surface area contributed by atoms with Crippen molar-refractivity contribution in [3.05, 3.63) is 83.2 Å². The first kappa shape index (κ1) is 19.7. The van der Waals surface area contributed by atoms with Crippen molar-refractivity contribution in [2.24, 2.45) is 0 Å². The molecule has 5 nitrogen and oxygen atoms in total. The molecule has 0 aliphatic rings. The molecule has 0 saturated carbocycles. The zero-order valence-electron chi connectivity index (χ0n) is 17.3. The first-order valence-electron chi connectivity index (χ1n) is 9.99. The zero-order chi connectivity index (χ0) is 21.3. The number of fused-ring (bicyclic) bond motifs is 1. The molecular weight excluding hydrogens is 376 g/mol. The quantitative estimate of drug-likeness (QED) is 0.466. The lowest BCUT2D eigenvalue weighted by Crippen LogP contribution is -2.04. The van der Waals surface area contributed by atoms with Gasteiger partial charge in [-0.2, -0.15) is 0 Å². The molecule has 5 heteroatoms. The van der Waals surface area contributed by atoms with Crippen molar-refractivity contribution in [1.29, 1.82) is 0 Å². The monoisotopic (exact) mass is 400 g/mol. The van der Waals surface area contributed by atoms with Gasteiger partial charge in [0.2, 0.25) is 0 Å². The van der Waals surface area contributed by atoms with Crippen LogP contribution in [0.5, 0.6) is 5.75 Å². The summed E-state index contributed by atoms with van der Waals surface area (Å²) in [6, 6.07) is 19.2. The van der Waals surface area contributed by atoms with Crippen molar-refractivity contribution in [3.63, 3.8) is 0 Å². The lowest BCUT2D eigenvalue weighted by molar-refractivity contribution is 0.0697. The van der Waals surface area contributed by atoms with Crippen LogP contribution >= 0.6 is 0 Å². The second-order valence-electron chi connectivity index (χ2n) is 7.36. The number of carboxylic acid groups (broad SMARTS) is 1. The Morgan fingerprint density at radius 2 is 1.83 bits per heavy atom. The summed E-state index contributed by atoms with van der Waals surface area (Å²) in [4.78, 5) is 16.0. The first-order chi connectivity index (χ1) is 14.5. The van der Waals surface area contributed by atoms with Gasteiger partial charge in [-0.25, -0.2) is 9.78 Å². The molecule has 0 radical (unpaired) electrons. The van der Waals surface area contributed by atoms with Crippen molar-refractivity contribution in [3.8, 4) is 16.9 Å². The fourth-order valence-electron chi connectivity index (χ4n) is 3.73. The van der Waals surface area contributed by atoms with E-state index in [0.29, 0.717) is 13.2 Å². The highest BCUT2D eigenvalue weighted by Crippen LogP contribution is 2.27. The van der Waals surface area contributed by atoms with Crippen LogP contribution in [0.3, 0.4) is 0 Å². The highest BCUT2D eigenvalue weighted by molar-refractivity contribution is 5.90. The fraction of sp³-hybridized carbons (Fsp3) is 0.200. The molecule has 0 fully saturated rings. The van der Waals surface area contributed by atoms with E-state index in [0.717, 1.165) is 33.7 Å². The van der Waals surface area contributed by atoms with Gasteiger partial charge in [-0.3, -0.25) is 0 Å². The molecule has 30 heavy (non-hydrogen) atoms. The van der Waals surface area contributed by atoms with E-state index in [1.165, 1.54) is 11.1 Å². The van der Waals surface area contributed by atoms with E-state index in [2.05, 4.69) is 29.7 Å². The molecule has 0 aliphatic heterocycles. The van der Waals surface area contributed by atoms with Crippen molar-refractivity contribution in [1.82, 2.24) is 9.55 Å². The zero-order valence-corrected chi connectivity index (χ0v) is 17.3. The largest absolute Gasteiger partial charge is 0.494 e. The molecule has 3 aromatic carbocycles. The Bertz CT molecular complexity index is 1240. The van der Waals surface area contributed by atoms with Crippen LogP contribution in [0, 0.1) is 13.8 Å². The van der Waals surface area contributed by atoms with Gasteiger partial charge in [0, 0.05) is 6.54 Å². The summed E-state index contributed by atoms with van der Waals surface area (Å²) in [5, 5.41) is 9.30. The third-order valence-corrected chi connectivity index (χ3v) is 5.34. The summed E-state index contributed by atoms with van der Waals surface area (Å²) in [7, 11) is 0. The summed E-state index contributed by atoms with van der Waals surface area (Å²) in [5.74, 6) is 0.895. The summed E-state index contributed by atoms with van der Waals surface area (Å²) in [5.41, 5.74) is 6.46. The number of rotatable bonds is 6. The molecule has 1 aromatic heterocycles. The summed E-state index contributed by atoms with van der Waals surface area (Å²) in [6.45, 7) is 7.44. The molecule has 4 rings (SSSR count). The summed E-state index contributed by atoms with van der Waals surface area (Å²) >= 11 is 0. The second-order valence-corrected chi connectivity index (χ2v) is 7.36. The molecule has 0 saturated heterocycles. The minimum atomic E-state index is -0.926. The molecule has 0 spiro atoms. The highest BCUT2D eigenvalue weighted by Gasteiger charge is 2.12. The molecule has 152 valence electrons. The second kappa shape index (κ2) is 8.03. The van der Waals surface area contributed by atoms with Crippen LogP contribution in [0.15, 0.2) is 60.7 Å². The number of ether oxygens (including phenoxy) is 1. The number of aromatic nitrogens is 2. The SMILES string of the molecule is CCOc1ccc(Cn2c(C)nc3ccc(-c4cccc(C(=O)O)c4)cc32)c(C)c1. The minimum absolute atomic E-state index is 0.280. The lowest BCUT2D eigenvalue weighted by Gasteiger charge is -2.12. The highest BCUT2D eigenvalue weighted by atomic mass is 16.5. The number of aromatic carboxylic acids is 1. The minimum Gasteiger partial charge on any atom is -0.494 e. The average molecular weight is 400 g/mol. The van der Waals surface area contributed by atoms with E-state index in [9.17, 15) is 9.90 Å². The van der Waals surface area contributed by atoms with Crippen molar-refractivity contribution in [2.45, 2.75) is 27.3 Å². The fourth-order valence-corrected chi connectivity index (χ4v) is 3.73. The number of hydrogen-bond donors (Lipinski definition) is 1. The topological polar surface area (TPSA) is 64.4 Å². The van der Waals surface area contributed by atoms with Crippen LogP contribution in [-0.2, 0) is 6.54 Å². The number of aryl methyl sites for hydroxylation is 2. The van der Waals surface area contributed by atoms with E-state index in [-0.39, 0.29) is 5.56 Å². The number of carboxylic acids is 1. The molecular formula is C25H24N2O3. The Morgan fingerprint density at radius 3 is 2.57 bits per heavy atom. The van der Waals surface area contributed by atoms with E-state index in [1.54, 1.807) is 18.2 Å². The molecule has 0 unspecified atom stereocenters. The molecule has 1 N–H and O–H groups in total. The third kappa shape index (κ3) is 3.79. The van der Waals surface area contributed by atoms with Crippen LogP contribution in [-0.4, -0.2) is 27.2 Å². The maximum absolute atomic E-state index is 11.3. The van der Waals surface area contributed by atoms with E-state index >= 15 is 0 Å². The summed E-state index contributed by atoms with van der Waals surface area (Å²) in [6.07, 6.45) is 0. The van der Waals surface area contributed by atoms with Gasteiger partial charge in [0.15, 0.2) is 0 Å².